The minimum absolute atomic E-state index is 0.112. The molecule has 1 fully saturated rings. The van der Waals surface area contributed by atoms with Gasteiger partial charge in [-0.15, -0.1) is 0 Å². The lowest BCUT2D eigenvalue weighted by Crippen LogP contribution is -2.30. The number of carbonyl (C=O) groups is 1. The lowest BCUT2D eigenvalue weighted by molar-refractivity contribution is 0.251. The predicted octanol–water partition coefficient (Wildman–Crippen LogP) is 2.89. The molecular formula is C15H23N3O. The highest BCUT2D eigenvalue weighted by molar-refractivity contribution is 5.89. The molecule has 1 aromatic carbocycles. The van der Waals surface area contributed by atoms with Gasteiger partial charge in [0.2, 0.25) is 0 Å². The van der Waals surface area contributed by atoms with Gasteiger partial charge in [-0.25, -0.2) is 4.79 Å². The summed E-state index contributed by atoms with van der Waals surface area (Å²) in [7, 11) is 0. The number of amides is 2. The van der Waals surface area contributed by atoms with Crippen LogP contribution in [0.1, 0.15) is 38.3 Å². The molecule has 0 spiro atoms. The summed E-state index contributed by atoms with van der Waals surface area (Å²) in [5.74, 6) is 0.703. The second-order valence-corrected chi connectivity index (χ2v) is 5.18. The molecule has 19 heavy (non-hydrogen) atoms. The van der Waals surface area contributed by atoms with E-state index in [1.54, 1.807) is 0 Å². The smallest absolute Gasteiger partial charge is 0.319 e. The average molecular weight is 261 g/mol. The van der Waals surface area contributed by atoms with Crippen LogP contribution in [-0.2, 0) is 0 Å². The molecule has 0 saturated heterocycles. The maximum Gasteiger partial charge on any atom is 0.319 e. The fourth-order valence-electron chi connectivity index (χ4n) is 2.01. The number of hydrogen-bond acceptors (Lipinski definition) is 2. The van der Waals surface area contributed by atoms with Crippen molar-refractivity contribution in [2.45, 2.75) is 32.7 Å². The normalized spacial score (nSPS) is 15.9. The van der Waals surface area contributed by atoms with E-state index >= 15 is 0 Å². The number of hydrogen-bond donors (Lipinski definition) is 3. The molecule has 104 valence electrons. The van der Waals surface area contributed by atoms with Crippen LogP contribution in [0.15, 0.2) is 24.3 Å². The van der Waals surface area contributed by atoms with Crippen molar-refractivity contribution in [2.24, 2.45) is 5.92 Å². The maximum absolute atomic E-state index is 11.6. The zero-order valence-corrected chi connectivity index (χ0v) is 11.7. The Labute approximate surface area is 115 Å². The Morgan fingerprint density at radius 1 is 1.32 bits per heavy atom. The van der Waals surface area contributed by atoms with Crippen LogP contribution in [0.25, 0.3) is 0 Å². The van der Waals surface area contributed by atoms with Gasteiger partial charge in [-0.2, -0.15) is 0 Å². The van der Waals surface area contributed by atoms with E-state index in [1.807, 2.05) is 24.3 Å². The van der Waals surface area contributed by atoms with E-state index < -0.39 is 0 Å². The van der Waals surface area contributed by atoms with E-state index in [0.717, 1.165) is 18.8 Å². The van der Waals surface area contributed by atoms with E-state index in [9.17, 15) is 4.79 Å². The van der Waals surface area contributed by atoms with Crippen LogP contribution in [0.2, 0.25) is 0 Å². The molecule has 1 aliphatic carbocycles. The number of benzene rings is 1. The van der Waals surface area contributed by atoms with Crippen LogP contribution < -0.4 is 16.0 Å². The van der Waals surface area contributed by atoms with Crippen molar-refractivity contribution >= 4 is 11.7 Å². The molecule has 1 unspecified atom stereocenters. The fourth-order valence-corrected chi connectivity index (χ4v) is 2.01. The standard InChI is InChI=1S/C15H23N3O/c1-3-16-11(2)13-6-8-14(9-7-13)18-15(19)17-10-12-4-5-12/h6-9,11-12,16H,3-5,10H2,1-2H3,(H2,17,18,19). The van der Waals surface area contributed by atoms with Crippen LogP contribution in [0.4, 0.5) is 10.5 Å². The molecule has 0 heterocycles. The summed E-state index contributed by atoms with van der Waals surface area (Å²) >= 11 is 0. The van der Waals surface area contributed by atoms with Gasteiger partial charge in [0.15, 0.2) is 0 Å². The van der Waals surface area contributed by atoms with Crippen LogP contribution in [0, 0.1) is 5.92 Å². The van der Waals surface area contributed by atoms with Crippen molar-refractivity contribution in [3.8, 4) is 0 Å². The highest BCUT2D eigenvalue weighted by Crippen LogP contribution is 2.27. The number of anilines is 1. The highest BCUT2D eigenvalue weighted by Gasteiger charge is 2.21. The Hall–Kier alpha value is -1.55. The van der Waals surface area contributed by atoms with Gasteiger partial charge in [0, 0.05) is 18.3 Å². The predicted molar refractivity (Wildman–Crippen MR) is 78.3 cm³/mol. The Morgan fingerprint density at radius 2 is 2.00 bits per heavy atom. The average Bonchev–Trinajstić information content (AvgIpc) is 3.21. The third-order valence-corrected chi connectivity index (χ3v) is 3.43. The second kappa shape index (κ2) is 6.57. The molecule has 1 saturated carbocycles. The lowest BCUT2D eigenvalue weighted by Gasteiger charge is -2.13. The number of urea groups is 1. The zero-order chi connectivity index (χ0) is 13.7. The van der Waals surface area contributed by atoms with E-state index in [2.05, 4.69) is 29.8 Å². The summed E-state index contributed by atoms with van der Waals surface area (Å²) in [6.07, 6.45) is 2.49. The molecule has 0 bridgehead atoms. The number of rotatable bonds is 6. The van der Waals surface area contributed by atoms with E-state index in [0.29, 0.717) is 12.0 Å². The first-order valence-electron chi connectivity index (χ1n) is 7.07. The first-order chi connectivity index (χ1) is 9.19. The topological polar surface area (TPSA) is 53.2 Å². The van der Waals surface area contributed by atoms with E-state index in [4.69, 9.17) is 0 Å². The van der Waals surface area contributed by atoms with Crippen LogP contribution in [0.3, 0.4) is 0 Å². The van der Waals surface area contributed by atoms with Gasteiger partial charge in [0.05, 0.1) is 0 Å². The second-order valence-electron chi connectivity index (χ2n) is 5.18. The van der Waals surface area contributed by atoms with Crippen LogP contribution >= 0.6 is 0 Å². The monoisotopic (exact) mass is 261 g/mol. The summed E-state index contributed by atoms with van der Waals surface area (Å²) in [6, 6.07) is 8.20. The fraction of sp³-hybridized carbons (Fsp3) is 0.533. The molecular weight excluding hydrogens is 238 g/mol. The molecule has 0 aliphatic heterocycles. The minimum Gasteiger partial charge on any atom is -0.338 e. The Balaban J connectivity index is 1.81. The highest BCUT2D eigenvalue weighted by atomic mass is 16.2. The molecule has 1 atom stereocenters. The van der Waals surface area contributed by atoms with Gasteiger partial charge >= 0.3 is 6.03 Å². The van der Waals surface area contributed by atoms with Crippen molar-refractivity contribution in [2.75, 3.05) is 18.4 Å². The van der Waals surface area contributed by atoms with E-state index in [1.165, 1.54) is 18.4 Å². The Kier molecular flexibility index (Phi) is 4.80. The summed E-state index contributed by atoms with van der Waals surface area (Å²) in [5.41, 5.74) is 2.06. The largest absolute Gasteiger partial charge is 0.338 e. The molecule has 1 aliphatic rings. The Bertz CT molecular complexity index is 412. The van der Waals surface area contributed by atoms with Crippen LogP contribution in [-0.4, -0.2) is 19.1 Å². The molecule has 0 aromatic heterocycles. The van der Waals surface area contributed by atoms with Gasteiger partial charge in [-0.3, -0.25) is 0 Å². The summed E-state index contributed by atoms with van der Waals surface area (Å²) in [4.78, 5) is 11.6. The third-order valence-electron chi connectivity index (χ3n) is 3.43. The molecule has 3 N–H and O–H groups in total. The number of nitrogens with one attached hydrogen (secondary N) is 3. The van der Waals surface area contributed by atoms with Crippen molar-refractivity contribution in [3.63, 3.8) is 0 Å². The van der Waals surface area contributed by atoms with Gasteiger partial charge in [0.25, 0.3) is 0 Å². The van der Waals surface area contributed by atoms with Gasteiger partial charge in [0.1, 0.15) is 0 Å². The van der Waals surface area contributed by atoms with Gasteiger partial charge < -0.3 is 16.0 Å². The molecule has 1 aromatic rings. The lowest BCUT2D eigenvalue weighted by atomic mass is 10.1. The molecule has 2 rings (SSSR count). The Morgan fingerprint density at radius 3 is 2.58 bits per heavy atom. The zero-order valence-electron chi connectivity index (χ0n) is 11.7. The maximum atomic E-state index is 11.6. The third kappa shape index (κ3) is 4.56. The first-order valence-corrected chi connectivity index (χ1v) is 7.07. The molecule has 2 amide bonds. The SMILES string of the molecule is CCNC(C)c1ccc(NC(=O)NCC2CC2)cc1. The molecule has 4 nitrogen and oxygen atoms in total. The summed E-state index contributed by atoms with van der Waals surface area (Å²) < 4.78 is 0. The van der Waals surface area contributed by atoms with Gasteiger partial charge in [-0.1, -0.05) is 19.1 Å². The summed E-state index contributed by atoms with van der Waals surface area (Å²) in [6.45, 7) is 5.97. The number of carbonyl (C=O) groups excluding carboxylic acids is 1. The molecule has 0 radical (unpaired) electrons. The van der Waals surface area contributed by atoms with Crippen molar-refractivity contribution < 1.29 is 4.79 Å². The quantitative estimate of drug-likeness (QED) is 0.737. The first kappa shape index (κ1) is 13.9. The minimum atomic E-state index is -0.112. The van der Waals surface area contributed by atoms with Crippen molar-refractivity contribution in [1.82, 2.24) is 10.6 Å². The summed E-state index contributed by atoms with van der Waals surface area (Å²) in [5, 5.41) is 9.10. The van der Waals surface area contributed by atoms with Crippen LogP contribution in [0.5, 0.6) is 0 Å². The van der Waals surface area contributed by atoms with Crippen molar-refractivity contribution in [3.05, 3.63) is 29.8 Å². The molecule has 4 heteroatoms. The van der Waals surface area contributed by atoms with E-state index in [-0.39, 0.29) is 6.03 Å². The van der Waals surface area contributed by atoms with Crippen molar-refractivity contribution in [1.29, 1.82) is 0 Å². The van der Waals surface area contributed by atoms with Gasteiger partial charge in [-0.05, 0) is 49.9 Å².